The lowest BCUT2D eigenvalue weighted by atomic mass is 9.94. The Balaban J connectivity index is 0.000000176. The van der Waals surface area contributed by atoms with Crippen LogP contribution in [0, 0.1) is 0 Å². The van der Waals surface area contributed by atoms with Gasteiger partial charge in [-0.1, -0.05) is 42.5 Å². The van der Waals surface area contributed by atoms with Gasteiger partial charge in [0.05, 0.1) is 17.6 Å². The number of pyridine rings is 2. The molecule has 2 aromatic carbocycles. The summed E-state index contributed by atoms with van der Waals surface area (Å²) in [6.45, 7) is 4.07. The molecule has 8 heterocycles. The van der Waals surface area contributed by atoms with Crippen molar-refractivity contribution in [1.29, 1.82) is 0 Å². The summed E-state index contributed by atoms with van der Waals surface area (Å²) in [5.41, 5.74) is 4.59. The lowest BCUT2D eigenvalue weighted by Crippen LogP contribution is -2.53. The molecule has 6 aromatic rings. The zero-order chi connectivity index (χ0) is 49.4. The van der Waals surface area contributed by atoms with E-state index in [1.165, 1.54) is 5.56 Å². The fraction of sp³-hybridized carbons (Fsp3) is 0.451. The van der Waals surface area contributed by atoms with Crippen molar-refractivity contribution in [1.82, 2.24) is 59.7 Å². The van der Waals surface area contributed by atoms with Crippen molar-refractivity contribution in [2.24, 2.45) is 0 Å². The molecule has 0 bridgehead atoms. The van der Waals surface area contributed by atoms with Crippen molar-refractivity contribution in [2.45, 2.75) is 87.4 Å². The number of nitrogens with one attached hydrogen (secondary N) is 5. The molecule has 0 saturated carbocycles. The van der Waals surface area contributed by atoms with E-state index >= 15 is 0 Å². The summed E-state index contributed by atoms with van der Waals surface area (Å²) < 4.78 is 8.73. The maximum Gasteiger partial charge on any atom is 0.327 e. The molecule has 4 aliphatic rings. The van der Waals surface area contributed by atoms with Crippen molar-refractivity contribution in [3.05, 3.63) is 123 Å². The number of likely N-dealkylation sites (tertiary alicyclic amines) is 3. The number of hydrogen-bond acceptors (Lipinski definition) is 10. The number of carbonyl (C=O) groups is 4. The van der Waals surface area contributed by atoms with Crippen LogP contribution in [-0.4, -0.2) is 144 Å². The number of carbonyl (C=O) groups excluding carboxylic acids is 4. The smallest absolute Gasteiger partial charge is 0.327 e. The van der Waals surface area contributed by atoms with Crippen molar-refractivity contribution < 1.29 is 29.0 Å². The third-order valence-electron chi connectivity index (χ3n) is 14.5. The van der Waals surface area contributed by atoms with E-state index in [0.717, 1.165) is 29.4 Å². The summed E-state index contributed by atoms with van der Waals surface area (Å²) in [4.78, 5) is 96.4. The average molecular weight is 971 g/mol. The molecule has 4 fully saturated rings. The maximum absolute atomic E-state index is 13.4. The number of amides is 6. The first-order valence-electron chi connectivity index (χ1n) is 24.6. The molecule has 374 valence electrons. The molecule has 71 heavy (non-hydrogen) atoms. The fourth-order valence-corrected chi connectivity index (χ4v) is 10.6. The Kier molecular flexibility index (Phi) is 15.1. The summed E-state index contributed by atoms with van der Waals surface area (Å²) in [7, 11) is 1.63. The Labute approximate surface area is 409 Å². The number of hydrogen-bond donors (Lipinski definition) is 6. The van der Waals surface area contributed by atoms with E-state index in [1.807, 2.05) is 53.4 Å². The molecule has 0 radical (unpaired) electrons. The van der Waals surface area contributed by atoms with Gasteiger partial charge in [-0.05, 0) is 98.9 Å². The number of nitrogens with zero attached hydrogens (tertiary/aromatic N) is 7. The molecular weight excluding hydrogens is 909 g/mol. The van der Waals surface area contributed by atoms with Crippen LogP contribution in [0.3, 0.4) is 0 Å². The van der Waals surface area contributed by atoms with E-state index in [-0.39, 0.29) is 64.9 Å². The van der Waals surface area contributed by atoms with E-state index in [1.54, 1.807) is 56.6 Å². The molecule has 0 aliphatic carbocycles. The van der Waals surface area contributed by atoms with E-state index in [2.05, 4.69) is 48.0 Å². The Morgan fingerprint density at radius 1 is 0.648 bits per heavy atom. The molecule has 4 saturated heterocycles. The normalized spacial score (nSPS) is 21.5. The van der Waals surface area contributed by atoms with Crippen LogP contribution in [0.4, 0.5) is 9.59 Å². The largest absolute Gasteiger partial charge is 0.508 e. The minimum absolute atomic E-state index is 0.00909. The van der Waals surface area contributed by atoms with Crippen LogP contribution in [0.1, 0.15) is 86.4 Å². The highest BCUT2D eigenvalue weighted by Crippen LogP contribution is 2.30. The van der Waals surface area contributed by atoms with Gasteiger partial charge in [0, 0.05) is 89.2 Å². The SMILES string of the molecule is COCCN1C[C@H](c2ccccc2)CC[C@@H](NC(=O)N2CCC(n3c(=O)[nH]c4ncccc43)CC2)C1=O.O=C1NCC(c2ccc(O)cc2)CC[C@H]1NC(=O)N1CCC(n2c(=O)[nH]c3ncccc32)CC1. The summed E-state index contributed by atoms with van der Waals surface area (Å²) >= 11 is 0. The van der Waals surface area contributed by atoms with Gasteiger partial charge in [-0.2, -0.15) is 0 Å². The number of benzene rings is 2. The Hall–Kier alpha value is -7.48. The summed E-state index contributed by atoms with van der Waals surface area (Å²) in [5.74, 6) is 0.315. The summed E-state index contributed by atoms with van der Waals surface area (Å²) in [6, 6.07) is 23.0. The third-order valence-corrected chi connectivity index (χ3v) is 14.5. The van der Waals surface area contributed by atoms with Crippen LogP contribution in [0.2, 0.25) is 0 Å². The van der Waals surface area contributed by atoms with Gasteiger partial charge in [0.1, 0.15) is 17.8 Å². The second-order valence-corrected chi connectivity index (χ2v) is 18.9. The molecule has 1 unspecified atom stereocenters. The Bertz CT molecular complexity index is 2920. The number of urea groups is 2. The van der Waals surface area contributed by atoms with Crippen LogP contribution < -0.4 is 27.3 Å². The number of fused-ring (bicyclic) bond motifs is 2. The molecule has 10 rings (SSSR count). The molecule has 20 heteroatoms. The summed E-state index contributed by atoms with van der Waals surface area (Å²) in [5, 5.41) is 18.4. The molecule has 4 aliphatic heterocycles. The van der Waals surface area contributed by atoms with Crippen molar-refractivity contribution in [2.75, 3.05) is 59.5 Å². The molecular formula is C51H62N12O8. The van der Waals surface area contributed by atoms with E-state index in [0.29, 0.717) is 102 Å². The highest BCUT2D eigenvalue weighted by atomic mass is 16.5. The molecule has 4 aromatic heterocycles. The first kappa shape index (κ1) is 48.5. The number of aromatic hydroxyl groups is 1. The second kappa shape index (κ2) is 22.1. The van der Waals surface area contributed by atoms with E-state index in [9.17, 15) is 33.9 Å². The van der Waals surface area contributed by atoms with Gasteiger partial charge in [0.2, 0.25) is 11.8 Å². The standard InChI is InChI=1S/C27H34N6O4.C24H28N6O4/c1-37-17-16-32-18-20(19-6-3-2-4-7-19)9-10-22(25(32)34)29-26(35)31-14-11-21(12-15-31)33-23-8-5-13-28-24(23)30-27(33)36;31-18-6-3-15(4-7-18)16-5-8-19(22(32)26-14-16)27-23(33)29-12-9-17(10-13-29)30-20-2-1-11-25-21(20)28-24(30)34/h2-8,13,20-22H,9-12,14-18H2,1H3,(H,29,35)(H,28,30,36);1-4,6-7,11,16-17,19,31H,5,8-10,12-14H2,(H,26,32)(H,27,33)(H,25,28,34)/t20-,22-;16?,19-/m11/s1. The van der Waals surface area contributed by atoms with E-state index in [4.69, 9.17) is 4.74 Å². The number of H-pyrrole nitrogens is 2. The number of ether oxygens (including phenoxy) is 1. The maximum atomic E-state index is 13.4. The molecule has 6 N–H and O–H groups in total. The number of aromatic nitrogens is 6. The minimum Gasteiger partial charge on any atom is -0.508 e. The van der Waals surface area contributed by atoms with E-state index < -0.39 is 12.1 Å². The van der Waals surface area contributed by atoms with Crippen LogP contribution in [0.25, 0.3) is 22.3 Å². The minimum atomic E-state index is -0.588. The van der Waals surface area contributed by atoms with Gasteiger partial charge >= 0.3 is 23.4 Å². The quantitative estimate of drug-likeness (QED) is 0.120. The number of phenols is 1. The highest BCUT2D eigenvalue weighted by Gasteiger charge is 2.35. The zero-order valence-electron chi connectivity index (χ0n) is 39.9. The van der Waals surface area contributed by atoms with Crippen LogP contribution in [0.5, 0.6) is 5.75 Å². The Morgan fingerprint density at radius 3 is 1.73 bits per heavy atom. The van der Waals surface area contributed by atoms with Gasteiger partial charge in [-0.3, -0.25) is 28.7 Å². The van der Waals surface area contributed by atoms with Crippen molar-refractivity contribution in [3.63, 3.8) is 0 Å². The number of phenolic OH excluding ortho intramolecular Hbond substituents is 1. The van der Waals surface area contributed by atoms with Crippen molar-refractivity contribution in [3.8, 4) is 5.75 Å². The van der Waals surface area contributed by atoms with Crippen LogP contribution >= 0.6 is 0 Å². The van der Waals surface area contributed by atoms with Crippen LogP contribution in [0.15, 0.2) is 101 Å². The number of piperidine rings is 2. The fourth-order valence-electron chi connectivity index (χ4n) is 10.6. The lowest BCUT2D eigenvalue weighted by Gasteiger charge is -2.34. The predicted molar refractivity (Wildman–Crippen MR) is 265 cm³/mol. The number of aromatic amines is 2. The first-order valence-corrected chi connectivity index (χ1v) is 24.6. The molecule has 20 nitrogen and oxygen atoms in total. The first-order chi connectivity index (χ1) is 34.5. The van der Waals surface area contributed by atoms with Gasteiger partial charge in [0.15, 0.2) is 11.3 Å². The zero-order valence-corrected chi connectivity index (χ0v) is 39.9. The number of rotatable bonds is 9. The predicted octanol–water partition coefficient (Wildman–Crippen LogP) is 4.33. The van der Waals surface area contributed by atoms with Crippen LogP contribution in [-0.2, 0) is 14.3 Å². The highest BCUT2D eigenvalue weighted by molar-refractivity contribution is 5.88. The lowest BCUT2D eigenvalue weighted by molar-refractivity contribution is -0.133. The average Bonchev–Trinajstić information content (AvgIpc) is 3.79. The topological polar surface area (TPSA) is 245 Å². The van der Waals surface area contributed by atoms with Gasteiger partial charge in [-0.15, -0.1) is 0 Å². The number of imidazole rings is 2. The Morgan fingerprint density at radius 2 is 1.17 bits per heavy atom. The third kappa shape index (κ3) is 11.1. The number of methoxy groups -OCH3 is 1. The molecule has 0 spiro atoms. The van der Waals surface area contributed by atoms with Gasteiger partial charge in [-0.25, -0.2) is 29.1 Å². The van der Waals surface area contributed by atoms with Gasteiger partial charge in [0.25, 0.3) is 0 Å². The van der Waals surface area contributed by atoms with Gasteiger partial charge < -0.3 is 40.5 Å². The summed E-state index contributed by atoms with van der Waals surface area (Å²) in [6.07, 6.45) is 8.59. The van der Waals surface area contributed by atoms with Crippen molar-refractivity contribution >= 4 is 46.2 Å². The molecule has 4 atom stereocenters. The monoisotopic (exact) mass is 970 g/mol. The second-order valence-electron chi connectivity index (χ2n) is 18.9. The molecule has 6 amide bonds.